The van der Waals surface area contributed by atoms with Gasteiger partial charge < -0.3 is 10.1 Å². The van der Waals surface area contributed by atoms with Crippen LogP contribution in [0.5, 0.6) is 5.75 Å². The Kier molecular flexibility index (Phi) is 5.94. The van der Waals surface area contributed by atoms with Crippen LogP contribution >= 0.6 is 11.6 Å². The molecular weight excluding hydrogens is 282 g/mol. The van der Waals surface area contributed by atoms with Crippen LogP contribution in [0.25, 0.3) is 0 Å². The molecule has 0 aliphatic heterocycles. The van der Waals surface area contributed by atoms with Crippen LogP contribution in [0.3, 0.4) is 0 Å². The van der Waals surface area contributed by atoms with Crippen molar-refractivity contribution < 1.29 is 4.74 Å². The van der Waals surface area contributed by atoms with Gasteiger partial charge in [-0.15, -0.1) is 0 Å². The van der Waals surface area contributed by atoms with E-state index in [-0.39, 0.29) is 0 Å². The number of hydrogen-bond donors (Lipinski definition) is 1. The third-order valence-electron chi connectivity index (χ3n) is 3.51. The van der Waals surface area contributed by atoms with E-state index in [1.54, 1.807) is 0 Å². The molecule has 1 N–H and O–H groups in total. The zero-order valence-corrected chi connectivity index (χ0v) is 13.4. The first-order chi connectivity index (χ1) is 10.2. The first kappa shape index (κ1) is 15.7. The van der Waals surface area contributed by atoms with E-state index >= 15 is 0 Å². The second-order valence-corrected chi connectivity index (χ2v) is 5.51. The van der Waals surface area contributed by atoms with Gasteiger partial charge in [0.1, 0.15) is 5.75 Å². The second-order valence-electron chi connectivity index (χ2n) is 5.11. The molecule has 2 nitrogen and oxygen atoms in total. The Hall–Kier alpha value is -1.67. The van der Waals surface area contributed by atoms with Crippen LogP contribution in [-0.4, -0.2) is 13.2 Å². The Labute approximate surface area is 132 Å². The molecule has 112 valence electrons. The summed E-state index contributed by atoms with van der Waals surface area (Å²) in [7, 11) is 0. The van der Waals surface area contributed by atoms with E-state index in [0.29, 0.717) is 17.5 Å². The Morgan fingerprint density at radius 1 is 1.14 bits per heavy atom. The van der Waals surface area contributed by atoms with E-state index in [0.717, 1.165) is 24.4 Å². The van der Waals surface area contributed by atoms with Crippen molar-refractivity contribution in [2.24, 2.45) is 0 Å². The Bertz CT molecular complexity index is 556. The number of nitrogens with one attached hydrogen (secondary N) is 1. The molecule has 1 unspecified atom stereocenters. The highest BCUT2D eigenvalue weighted by atomic mass is 35.5. The molecule has 0 bridgehead atoms. The summed E-state index contributed by atoms with van der Waals surface area (Å²) in [5, 5.41) is 4.07. The van der Waals surface area contributed by atoms with Gasteiger partial charge in [0, 0.05) is 12.2 Å². The normalized spacial score (nSPS) is 12.0. The summed E-state index contributed by atoms with van der Waals surface area (Å²) in [4.78, 5) is 0. The van der Waals surface area contributed by atoms with Crippen LogP contribution in [0, 0.1) is 0 Å². The maximum atomic E-state index is 6.18. The van der Waals surface area contributed by atoms with Crippen molar-refractivity contribution in [3.8, 4) is 5.75 Å². The number of anilines is 1. The number of halogens is 1. The third-order valence-corrected chi connectivity index (χ3v) is 3.80. The molecule has 0 aliphatic carbocycles. The third kappa shape index (κ3) is 4.68. The molecule has 0 aromatic heterocycles. The monoisotopic (exact) mass is 303 g/mol. The van der Waals surface area contributed by atoms with E-state index < -0.39 is 0 Å². The zero-order valence-electron chi connectivity index (χ0n) is 12.6. The maximum absolute atomic E-state index is 6.18. The highest BCUT2D eigenvalue weighted by Gasteiger charge is 2.05. The summed E-state index contributed by atoms with van der Waals surface area (Å²) >= 11 is 6.18. The van der Waals surface area contributed by atoms with Gasteiger partial charge in [-0.2, -0.15) is 0 Å². The standard InChI is InChI=1S/C18H22ClNO/c1-3-21-18-10-9-16(13-17(18)19)20-12-11-14(2)15-7-5-4-6-8-15/h4-10,13-14,20H,3,11-12H2,1-2H3. The Balaban J connectivity index is 1.85. The first-order valence-corrected chi connectivity index (χ1v) is 7.79. The number of hydrogen-bond acceptors (Lipinski definition) is 2. The highest BCUT2D eigenvalue weighted by molar-refractivity contribution is 6.32. The van der Waals surface area contributed by atoms with Gasteiger partial charge in [-0.1, -0.05) is 48.9 Å². The topological polar surface area (TPSA) is 21.3 Å². The molecule has 0 fully saturated rings. The van der Waals surface area contributed by atoms with Gasteiger partial charge in [0.05, 0.1) is 11.6 Å². The summed E-state index contributed by atoms with van der Waals surface area (Å²) in [5.74, 6) is 1.28. The Morgan fingerprint density at radius 2 is 1.90 bits per heavy atom. The van der Waals surface area contributed by atoms with Crippen molar-refractivity contribution in [2.45, 2.75) is 26.2 Å². The van der Waals surface area contributed by atoms with Gasteiger partial charge in [0.2, 0.25) is 0 Å². The van der Waals surface area contributed by atoms with Crippen molar-refractivity contribution in [1.82, 2.24) is 0 Å². The van der Waals surface area contributed by atoms with Crippen molar-refractivity contribution in [2.75, 3.05) is 18.5 Å². The van der Waals surface area contributed by atoms with E-state index in [4.69, 9.17) is 16.3 Å². The summed E-state index contributed by atoms with van der Waals surface area (Å²) in [6, 6.07) is 16.4. The number of ether oxygens (including phenoxy) is 1. The van der Waals surface area contributed by atoms with Crippen molar-refractivity contribution >= 4 is 17.3 Å². The minimum atomic E-state index is 0.539. The first-order valence-electron chi connectivity index (χ1n) is 7.42. The maximum Gasteiger partial charge on any atom is 0.138 e. The molecular formula is C18H22ClNO. The molecule has 0 saturated heterocycles. The van der Waals surface area contributed by atoms with Gasteiger partial charge in [-0.3, -0.25) is 0 Å². The lowest BCUT2D eigenvalue weighted by molar-refractivity contribution is 0.340. The number of benzene rings is 2. The lowest BCUT2D eigenvalue weighted by Gasteiger charge is -2.14. The summed E-state index contributed by atoms with van der Waals surface area (Å²) < 4.78 is 5.43. The molecule has 0 radical (unpaired) electrons. The van der Waals surface area contributed by atoms with Crippen molar-refractivity contribution in [3.63, 3.8) is 0 Å². The quantitative estimate of drug-likeness (QED) is 0.745. The van der Waals surface area contributed by atoms with Crippen LogP contribution in [0.2, 0.25) is 5.02 Å². The van der Waals surface area contributed by atoms with Crippen LogP contribution in [0.15, 0.2) is 48.5 Å². The molecule has 2 aromatic carbocycles. The summed E-state index contributed by atoms with van der Waals surface area (Å²) in [6.07, 6.45) is 1.08. The lowest BCUT2D eigenvalue weighted by Crippen LogP contribution is -2.06. The van der Waals surface area contributed by atoms with Crippen LogP contribution in [0.1, 0.15) is 31.7 Å². The molecule has 0 saturated carbocycles. The summed E-state index contributed by atoms with van der Waals surface area (Å²) in [6.45, 7) is 5.75. The average molecular weight is 304 g/mol. The molecule has 21 heavy (non-hydrogen) atoms. The molecule has 0 aliphatic rings. The fourth-order valence-corrected chi connectivity index (χ4v) is 2.50. The van der Waals surface area contributed by atoms with E-state index in [9.17, 15) is 0 Å². The van der Waals surface area contributed by atoms with Gasteiger partial charge >= 0.3 is 0 Å². The fraction of sp³-hybridized carbons (Fsp3) is 0.333. The molecule has 2 rings (SSSR count). The minimum absolute atomic E-state index is 0.539. The van der Waals surface area contributed by atoms with Gasteiger partial charge in [-0.05, 0) is 43.0 Å². The second kappa shape index (κ2) is 7.94. The Morgan fingerprint density at radius 3 is 2.57 bits per heavy atom. The molecule has 1 atom stereocenters. The van der Waals surface area contributed by atoms with Gasteiger partial charge in [-0.25, -0.2) is 0 Å². The van der Waals surface area contributed by atoms with Gasteiger partial charge in [0.25, 0.3) is 0 Å². The van der Waals surface area contributed by atoms with Crippen LogP contribution in [-0.2, 0) is 0 Å². The smallest absolute Gasteiger partial charge is 0.138 e. The summed E-state index contributed by atoms with van der Waals surface area (Å²) in [5.41, 5.74) is 2.41. The van der Waals surface area contributed by atoms with Crippen molar-refractivity contribution in [1.29, 1.82) is 0 Å². The molecule has 0 amide bonds. The molecule has 3 heteroatoms. The van der Waals surface area contributed by atoms with Crippen molar-refractivity contribution in [3.05, 3.63) is 59.1 Å². The SMILES string of the molecule is CCOc1ccc(NCCC(C)c2ccccc2)cc1Cl. The van der Waals surface area contributed by atoms with E-state index in [1.807, 2.05) is 25.1 Å². The number of rotatable bonds is 7. The predicted octanol–water partition coefficient (Wildman–Crippen LogP) is 5.34. The lowest BCUT2D eigenvalue weighted by atomic mass is 9.98. The molecule has 2 aromatic rings. The molecule has 0 spiro atoms. The van der Waals surface area contributed by atoms with Crippen LogP contribution in [0.4, 0.5) is 5.69 Å². The van der Waals surface area contributed by atoms with E-state index in [2.05, 4.69) is 42.6 Å². The molecule has 0 heterocycles. The fourth-order valence-electron chi connectivity index (χ4n) is 2.26. The zero-order chi connectivity index (χ0) is 15.1. The van der Waals surface area contributed by atoms with E-state index in [1.165, 1.54) is 5.56 Å². The van der Waals surface area contributed by atoms with Crippen LogP contribution < -0.4 is 10.1 Å². The predicted molar refractivity (Wildman–Crippen MR) is 90.6 cm³/mol. The average Bonchev–Trinajstić information content (AvgIpc) is 2.51. The minimum Gasteiger partial charge on any atom is -0.492 e. The van der Waals surface area contributed by atoms with Gasteiger partial charge in [0.15, 0.2) is 0 Å². The highest BCUT2D eigenvalue weighted by Crippen LogP contribution is 2.28. The largest absolute Gasteiger partial charge is 0.492 e.